The van der Waals surface area contributed by atoms with Gasteiger partial charge >= 0.3 is 0 Å². The highest BCUT2D eigenvalue weighted by atomic mass is 35.5. The van der Waals surface area contributed by atoms with Gasteiger partial charge in [-0.3, -0.25) is 9.59 Å². The Kier molecular flexibility index (Phi) is 5.17. The smallest absolute Gasteiger partial charge is 0.254 e. The molecule has 0 radical (unpaired) electrons. The van der Waals surface area contributed by atoms with Crippen LogP contribution in [0.5, 0.6) is 0 Å². The monoisotopic (exact) mass is 316 g/mol. The molecule has 0 aromatic heterocycles. The number of halogens is 1. The zero-order valence-corrected chi connectivity index (χ0v) is 13.2. The van der Waals surface area contributed by atoms with Crippen molar-refractivity contribution in [2.45, 2.75) is 5.38 Å². The number of hydrogen-bond acceptors (Lipinski definition) is 2. The Labute approximate surface area is 134 Å². The highest BCUT2D eigenvalue weighted by molar-refractivity contribution is 6.44. The average molecular weight is 317 g/mol. The number of carbonyl (C=O) groups excluding carboxylic acids is 2. The van der Waals surface area contributed by atoms with Crippen molar-refractivity contribution in [2.24, 2.45) is 0 Å². The maximum Gasteiger partial charge on any atom is 0.254 e. The van der Waals surface area contributed by atoms with Crippen LogP contribution in [0.2, 0.25) is 0 Å². The van der Waals surface area contributed by atoms with Gasteiger partial charge in [0.15, 0.2) is 5.38 Å². The number of alkyl halides is 1. The third-order valence-electron chi connectivity index (χ3n) is 3.38. The van der Waals surface area contributed by atoms with Crippen LogP contribution in [0.4, 0.5) is 11.4 Å². The molecule has 2 rings (SSSR count). The second kappa shape index (κ2) is 7.09. The first-order valence-corrected chi connectivity index (χ1v) is 7.25. The molecule has 0 aliphatic carbocycles. The molecule has 0 bridgehead atoms. The predicted octanol–water partition coefficient (Wildman–Crippen LogP) is 2.92. The molecule has 0 saturated carbocycles. The largest absolute Gasteiger partial charge is 0.314 e. The van der Waals surface area contributed by atoms with Gasteiger partial charge in [-0.2, -0.15) is 0 Å². The van der Waals surface area contributed by atoms with Gasteiger partial charge in [-0.1, -0.05) is 36.4 Å². The summed E-state index contributed by atoms with van der Waals surface area (Å²) in [5, 5.41) is -1.27. The number of carbonyl (C=O) groups is 2. The molecule has 0 aliphatic heterocycles. The summed E-state index contributed by atoms with van der Waals surface area (Å²) in [5.74, 6) is -0.915. The van der Waals surface area contributed by atoms with Crippen molar-refractivity contribution < 1.29 is 9.59 Å². The quantitative estimate of drug-likeness (QED) is 0.643. The Morgan fingerprint density at radius 3 is 1.41 bits per heavy atom. The molecular formula is C17H17ClN2O2. The van der Waals surface area contributed by atoms with Gasteiger partial charge < -0.3 is 9.80 Å². The molecule has 0 fully saturated rings. The van der Waals surface area contributed by atoms with E-state index in [0.29, 0.717) is 11.4 Å². The number of rotatable bonds is 4. The minimum Gasteiger partial charge on any atom is -0.314 e. The lowest BCUT2D eigenvalue weighted by Gasteiger charge is -2.23. The fraction of sp³-hybridized carbons (Fsp3) is 0.176. The number of anilines is 2. The summed E-state index contributed by atoms with van der Waals surface area (Å²) < 4.78 is 0. The van der Waals surface area contributed by atoms with E-state index in [-0.39, 0.29) is 0 Å². The zero-order chi connectivity index (χ0) is 16.1. The number of nitrogens with zero attached hydrogens (tertiary/aromatic N) is 2. The van der Waals surface area contributed by atoms with Gasteiger partial charge in [0.2, 0.25) is 0 Å². The third-order valence-corrected chi connectivity index (χ3v) is 3.76. The molecule has 0 unspecified atom stereocenters. The molecule has 0 N–H and O–H groups in total. The second-order valence-electron chi connectivity index (χ2n) is 4.83. The van der Waals surface area contributed by atoms with Crippen LogP contribution in [0.25, 0.3) is 0 Å². The van der Waals surface area contributed by atoms with Crippen LogP contribution in [0.3, 0.4) is 0 Å². The standard InChI is InChI=1S/C17H17ClN2O2/c1-19(13-9-5-3-6-10-13)16(21)15(18)17(22)20(2)14-11-7-4-8-12-14/h3-12,15H,1-2H3. The molecule has 0 atom stereocenters. The lowest BCUT2D eigenvalue weighted by Crippen LogP contribution is -2.44. The Morgan fingerprint density at radius 2 is 1.09 bits per heavy atom. The zero-order valence-electron chi connectivity index (χ0n) is 12.4. The van der Waals surface area contributed by atoms with Gasteiger partial charge in [0.05, 0.1) is 0 Å². The number of hydrogen-bond donors (Lipinski definition) is 0. The van der Waals surface area contributed by atoms with Crippen molar-refractivity contribution in [1.82, 2.24) is 0 Å². The van der Waals surface area contributed by atoms with Gasteiger partial charge in [0.25, 0.3) is 11.8 Å². The van der Waals surface area contributed by atoms with E-state index in [4.69, 9.17) is 11.6 Å². The van der Waals surface area contributed by atoms with Crippen molar-refractivity contribution in [2.75, 3.05) is 23.9 Å². The Morgan fingerprint density at radius 1 is 0.773 bits per heavy atom. The van der Waals surface area contributed by atoms with Crippen molar-refractivity contribution >= 4 is 34.8 Å². The van der Waals surface area contributed by atoms with Crippen LogP contribution < -0.4 is 9.80 Å². The molecule has 4 nitrogen and oxygen atoms in total. The minimum absolute atomic E-state index is 0.458. The summed E-state index contributed by atoms with van der Waals surface area (Å²) in [6.45, 7) is 0. The van der Waals surface area contributed by atoms with E-state index in [1.165, 1.54) is 9.80 Å². The predicted molar refractivity (Wildman–Crippen MR) is 89.3 cm³/mol. The summed E-state index contributed by atoms with van der Waals surface area (Å²) in [7, 11) is 3.20. The van der Waals surface area contributed by atoms with E-state index in [2.05, 4.69) is 0 Å². The van der Waals surface area contributed by atoms with E-state index in [1.807, 2.05) is 36.4 Å². The van der Waals surface area contributed by atoms with Gasteiger partial charge in [-0.05, 0) is 24.3 Å². The van der Waals surface area contributed by atoms with E-state index >= 15 is 0 Å². The van der Waals surface area contributed by atoms with E-state index in [1.54, 1.807) is 38.4 Å². The highest BCUT2D eigenvalue weighted by Gasteiger charge is 2.30. The van der Waals surface area contributed by atoms with E-state index in [9.17, 15) is 9.59 Å². The first-order valence-electron chi connectivity index (χ1n) is 6.81. The summed E-state index contributed by atoms with van der Waals surface area (Å²) in [5.41, 5.74) is 1.38. The van der Waals surface area contributed by atoms with Crippen LogP contribution in [0.1, 0.15) is 0 Å². The summed E-state index contributed by atoms with van der Waals surface area (Å²) >= 11 is 6.09. The Bertz CT molecular complexity index is 589. The van der Waals surface area contributed by atoms with E-state index < -0.39 is 17.2 Å². The van der Waals surface area contributed by atoms with E-state index in [0.717, 1.165) is 0 Å². The lowest BCUT2D eigenvalue weighted by atomic mass is 10.2. The van der Waals surface area contributed by atoms with Crippen molar-refractivity contribution in [3.8, 4) is 0 Å². The van der Waals surface area contributed by atoms with Gasteiger partial charge in [-0.15, -0.1) is 11.6 Å². The summed E-state index contributed by atoms with van der Waals surface area (Å²) in [4.78, 5) is 27.5. The molecule has 0 saturated heterocycles. The minimum atomic E-state index is -1.27. The van der Waals surface area contributed by atoms with Crippen molar-refractivity contribution in [3.63, 3.8) is 0 Å². The van der Waals surface area contributed by atoms with Gasteiger partial charge in [0, 0.05) is 25.5 Å². The normalized spacial score (nSPS) is 10.4. The van der Waals surface area contributed by atoms with Gasteiger partial charge in [-0.25, -0.2) is 0 Å². The number of amides is 2. The van der Waals surface area contributed by atoms with Crippen LogP contribution in [0, 0.1) is 0 Å². The summed E-state index contributed by atoms with van der Waals surface area (Å²) in [6.07, 6.45) is 0. The topological polar surface area (TPSA) is 40.6 Å². The van der Waals surface area contributed by atoms with Crippen molar-refractivity contribution in [3.05, 3.63) is 60.7 Å². The first kappa shape index (κ1) is 16.0. The molecule has 114 valence electrons. The molecule has 0 heterocycles. The van der Waals surface area contributed by atoms with Crippen LogP contribution in [-0.2, 0) is 9.59 Å². The maximum absolute atomic E-state index is 12.4. The Balaban J connectivity index is 2.12. The number of benzene rings is 2. The Hall–Kier alpha value is -2.33. The first-order chi connectivity index (χ1) is 10.5. The van der Waals surface area contributed by atoms with Crippen LogP contribution in [0.15, 0.2) is 60.7 Å². The highest BCUT2D eigenvalue weighted by Crippen LogP contribution is 2.18. The van der Waals surface area contributed by atoms with Gasteiger partial charge in [0.1, 0.15) is 0 Å². The third kappa shape index (κ3) is 3.46. The maximum atomic E-state index is 12.4. The summed E-state index contributed by atoms with van der Waals surface area (Å²) in [6, 6.07) is 18.1. The molecule has 0 aliphatic rings. The average Bonchev–Trinajstić information content (AvgIpc) is 2.60. The molecule has 5 heteroatoms. The fourth-order valence-electron chi connectivity index (χ4n) is 2.00. The lowest BCUT2D eigenvalue weighted by molar-refractivity contribution is -0.125. The second-order valence-corrected chi connectivity index (χ2v) is 5.26. The molecule has 2 amide bonds. The fourth-order valence-corrected chi connectivity index (χ4v) is 2.30. The molecular weight excluding hydrogens is 300 g/mol. The number of para-hydroxylation sites is 2. The molecule has 0 spiro atoms. The molecule has 22 heavy (non-hydrogen) atoms. The molecule has 2 aromatic rings. The van der Waals surface area contributed by atoms with Crippen LogP contribution >= 0.6 is 11.6 Å². The molecule has 2 aromatic carbocycles. The van der Waals surface area contributed by atoms with Crippen LogP contribution in [-0.4, -0.2) is 31.3 Å². The SMILES string of the molecule is CN(C(=O)C(Cl)C(=O)N(C)c1ccccc1)c1ccccc1. The van der Waals surface area contributed by atoms with Crippen molar-refractivity contribution in [1.29, 1.82) is 0 Å².